The van der Waals surface area contributed by atoms with Crippen LogP contribution in [0.5, 0.6) is 0 Å². The van der Waals surface area contributed by atoms with Crippen LogP contribution in [0.2, 0.25) is 18.1 Å². The molecule has 1 nitrogen and oxygen atoms in total. The highest BCUT2D eigenvalue weighted by molar-refractivity contribution is 14.1. The summed E-state index contributed by atoms with van der Waals surface area (Å²) in [7, 11) is -1.57. The zero-order valence-corrected chi connectivity index (χ0v) is 14.8. The molecule has 1 rings (SSSR count). The molecule has 96 valence electrons. The van der Waals surface area contributed by atoms with E-state index in [9.17, 15) is 0 Å². The lowest BCUT2D eigenvalue weighted by Crippen LogP contribution is -2.44. The summed E-state index contributed by atoms with van der Waals surface area (Å²) in [6.45, 7) is 14.0. The van der Waals surface area contributed by atoms with E-state index in [4.69, 9.17) is 4.43 Å². The Bertz CT molecular complexity index is 241. The molecule has 1 saturated carbocycles. The van der Waals surface area contributed by atoms with Crippen molar-refractivity contribution in [3.63, 3.8) is 0 Å². The van der Waals surface area contributed by atoms with Crippen molar-refractivity contribution in [1.29, 1.82) is 0 Å². The predicted octanol–water partition coefficient (Wildman–Crippen LogP) is 5.35. The van der Waals surface area contributed by atoms with Crippen molar-refractivity contribution in [1.82, 2.24) is 0 Å². The average Bonchev–Trinajstić information content (AvgIpc) is 2.83. The zero-order chi connectivity index (χ0) is 12.6. The molecule has 0 heterocycles. The first-order chi connectivity index (χ1) is 7.15. The number of alkyl halides is 1. The van der Waals surface area contributed by atoms with Gasteiger partial charge < -0.3 is 4.43 Å². The lowest BCUT2D eigenvalue weighted by atomic mass is 10.0. The van der Waals surface area contributed by atoms with E-state index in [1.165, 1.54) is 25.7 Å². The van der Waals surface area contributed by atoms with Gasteiger partial charge in [0, 0.05) is 5.41 Å². The Labute approximate surface area is 116 Å². The smallest absolute Gasteiger partial charge is 0.193 e. The van der Waals surface area contributed by atoms with Gasteiger partial charge in [0.05, 0.1) is 0 Å². The maximum absolute atomic E-state index is 6.51. The van der Waals surface area contributed by atoms with Gasteiger partial charge >= 0.3 is 0 Å². The van der Waals surface area contributed by atoms with Gasteiger partial charge in [0.15, 0.2) is 8.32 Å². The van der Waals surface area contributed by atoms with Crippen molar-refractivity contribution in [2.45, 2.75) is 75.6 Å². The van der Waals surface area contributed by atoms with Crippen LogP contribution in [0.15, 0.2) is 0 Å². The van der Waals surface area contributed by atoms with Crippen molar-refractivity contribution < 1.29 is 4.43 Å². The molecule has 0 radical (unpaired) electrons. The lowest BCUT2D eigenvalue weighted by molar-refractivity contribution is 0.187. The Morgan fingerprint density at radius 3 is 2.12 bits per heavy atom. The largest absolute Gasteiger partial charge is 0.405 e. The molecule has 1 aliphatic rings. The summed E-state index contributed by atoms with van der Waals surface area (Å²) in [5.41, 5.74) is 0.533. The second-order valence-corrected chi connectivity index (χ2v) is 12.7. The molecule has 0 spiro atoms. The fraction of sp³-hybridized carbons (Fsp3) is 1.00. The number of hydrogen-bond acceptors (Lipinski definition) is 1. The summed E-state index contributed by atoms with van der Waals surface area (Å²) in [6, 6.07) is 0. The van der Waals surface area contributed by atoms with Gasteiger partial charge in [-0.25, -0.2) is 0 Å². The third-order valence-corrected chi connectivity index (χ3v) is 10.8. The molecule has 1 aliphatic carbocycles. The topological polar surface area (TPSA) is 9.23 Å². The van der Waals surface area contributed by atoms with E-state index >= 15 is 0 Å². The highest BCUT2D eigenvalue weighted by atomic mass is 127. The fourth-order valence-electron chi connectivity index (χ4n) is 1.81. The van der Waals surface area contributed by atoms with E-state index in [1.807, 2.05) is 0 Å². The van der Waals surface area contributed by atoms with Crippen LogP contribution in [0, 0.1) is 5.41 Å². The Morgan fingerprint density at radius 2 is 1.81 bits per heavy atom. The summed E-state index contributed by atoms with van der Waals surface area (Å²) in [5, 5.41) is 0.332. The van der Waals surface area contributed by atoms with Gasteiger partial charge in [0.2, 0.25) is 0 Å². The van der Waals surface area contributed by atoms with E-state index in [2.05, 4.69) is 63.4 Å². The average molecular weight is 354 g/mol. The van der Waals surface area contributed by atoms with Gasteiger partial charge in [-0.1, -0.05) is 56.7 Å². The monoisotopic (exact) mass is 354 g/mol. The molecule has 0 aliphatic heterocycles. The number of halogens is 1. The van der Waals surface area contributed by atoms with Crippen LogP contribution in [0.25, 0.3) is 0 Å². The van der Waals surface area contributed by atoms with Crippen molar-refractivity contribution in [3.05, 3.63) is 0 Å². The minimum absolute atomic E-state index is 0.332. The molecule has 0 bridgehead atoms. The Hall–Kier alpha value is 0.907. The molecule has 0 saturated heterocycles. The SMILES string of the molecule is CCCC1(C(I)O[Si](C)(C)C(C)(C)C)CC1. The van der Waals surface area contributed by atoms with Gasteiger partial charge in [-0.2, -0.15) is 0 Å². The minimum atomic E-state index is -1.57. The van der Waals surface area contributed by atoms with E-state index in [0.717, 1.165) is 0 Å². The Balaban J connectivity index is 2.61. The van der Waals surface area contributed by atoms with Crippen LogP contribution in [0.1, 0.15) is 53.4 Å². The molecule has 0 amide bonds. The summed E-state index contributed by atoms with van der Waals surface area (Å²) in [6.07, 6.45) is 5.39. The third kappa shape index (κ3) is 3.22. The summed E-state index contributed by atoms with van der Waals surface area (Å²) < 4.78 is 6.94. The van der Waals surface area contributed by atoms with Crippen molar-refractivity contribution >= 4 is 30.9 Å². The molecular formula is C13H27IOSi. The second-order valence-electron chi connectivity index (χ2n) is 6.81. The van der Waals surface area contributed by atoms with Crippen molar-refractivity contribution in [3.8, 4) is 0 Å². The van der Waals surface area contributed by atoms with Gasteiger partial charge in [-0.3, -0.25) is 0 Å². The first-order valence-corrected chi connectivity index (χ1v) is 10.6. The summed E-state index contributed by atoms with van der Waals surface area (Å²) in [4.78, 5) is 0. The fourth-order valence-corrected chi connectivity index (χ4v) is 5.77. The summed E-state index contributed by atoms with van der Waals surface area (Å²) in [5.74, 6) is 0. The molecule has 1 unspecified atom stereocenters. The highest BCUT2D eigenvalue weighted by Crippen LogP contribution is 2.57. The molecule has 0 aromatic rings. The number of rotatable bonds is 5. The first kappa shape index (κ1) is 15.0. The van der Waals surface area contributed by atoms with Crippen LogP contribution < -0.4 is 0 Å². The quantitative estimate of drug-likeness (QED) is 0.367. The van der Waals surface area contributed by atoms with Gasteiger partial charge in [-0.05, 0) is 37.4 Å². The van der Waals surface area contributed by atoms with Crippen LogP contribution in [-0.2, 0) is 4.43 Å². The lowest BCUT2D eigenvalue weighted by Gasteiger charge is -2.40. The van der Waals surface area contributed by atoms with Crippen LogP contribution in [-0.4, -0.2) is 12.4 Å². The highest BCUT2D eigenvalue weighted by Gasteiger charge is 2.51. The molecule has 1 fully saturated rings. The van der Waals surface area contributed by atoms with E-state index in [-0.39, 0.29) is 0 Å². The third-order valence-electron chi connectivity index (χ3n) is 4.33. The zero-order valence-electron chi connectivity index (χ0n) is 11.7. The van der Waals surface area contributed by atoms with Crippen LogP contribution in [0.3, 0.4) is 0 Å². The van der Waals surface area contributed by atoms with Gasteiger partial charge in [0.1, 0.15) is 4.11 Å². The maximum atomic E-state index is 6.51. The minimum Gasteiger partial charge on any atom is -0.405 e. The van der Waals surface area contributed by atoms with Crippen molar-refractivity contribution in [2.75, 3.05) is 0 Å². The van der Waals surface area contributed by atoms with Crippen LogP contribution >= 0.6 is 22.6 Å². The molecular weight excluding hydrogens is 327 g/mol. The molecule has 0 N–H and O–H groups in total. The van der Waals surface area contributed by atoms with Gasteiger partial charge in [0.25, 0.3) is 0 Å². The Kier molecular flexibility index (Phi) is 4.57. The molecule has 0 aromatic heterocycles. The van der Waals surface area contributed by atoms with Crippen molar-refractivity contribution in [2.24, 2.45) is 5.41 Å². The molecule has 16 heavy (non-hydrogen) atoms. The predicted molar refractivity (Wildman–Crippen MR) is 82.7 cm³/mol. The number of hydrogen-bond donors (Lipinski definition) is 0. The molecule has 1 atom stereocenters. The van der Waals surface area contributed by atoms with Crippen LogP contribution in [0.4, 0.5) is 0 Å². The normalized spacial score (nSPS) is 21.9. The van der Waals surface area contributed by atoms with E-state index in [1.54, 1.807) is 0 Å². The standard InChI is InChI=1S/C13H27IOSi/c1-7-8-13(9-10-13)11(14)15-16(5,6)12(2,3)4/h11H,7-10H2,1-6H3. The molecule has 0 aromatic carbocycles. The molecule has 3 heteroatoms. The first-order valence-electron chi connectivity index (χ1n) is 6.46. The Morgan fingerprint density at radius 1 is 1.31 bits per heavy atom. The summed E-state index contributed by atoms with van der Waals surface area (Å²) >= 11 is 2.55. The second kappa shape index (κ2) is 4.88. The maximum Gasteiger partial charge on any atom is 0.193 e. The van der Waals surface area contributed by atoms with Gasteiger partial charge in [-0.15, -0.1) is 0 Å². The van der Waals surface area contributed by atoms with E-state index in [0.29, 0.717) is 14.6 Å². The van der Waals surface area contributed by atoms with E-state index < -0.39 is 8.32 Å².